The maximum atomic E-state index is 3.45. The van der Waals surface area contributed by atoms with Crippen LogP contribution in [-0.4, -0.2) is 3.71 Å². The Morgan fingerprint density at radius 1 is 1.75 bits per heavy atom. The molecule has 0 amide bonds. The molecule has 0 aromatic rings. The van der Waals surface area contributed by atoms with Crippen LogP contribution in [0.1, 0.15) is 0 Å². The van der Waals surface area contributed by atoms with E-state index in [9.17, 15) is 0 Å². The first kappa shape index (κ1) is 4.49. The van der Waals surface area contributed by atoms with Crippen molar-refractivity contribution in [3.8, 4) is 0 Å². The van der Waals surface area contributed by atoms with E-state index in [0.717, 1.165) is 0 Å². The predicted molar refractivity (Wildman–Crippen MR) is 16.3 cm³/mol. The zero-order valence-electron chi connectivity index (χ0n) is 2.36. The average molecular weight is 131 g/mol. The number of hydrogen-bond donors (Lipinski definition) is 0. The molecular weight excluding hydrogens is 127 g/mol. The Kier molecular flexibility index (Phi) is 3.92. The van der Waals surface area contributed by atoms with Crippen LogP contribution in [-0.2, 0) is 24.2 Å². The van der Waals surface area contributed by atoms with Crippen molar-refractivity contribution < 1.29 is 24.2 Å². The molecule has 0 aromatic heterocycles. The molecule has 0 spiro atoms. The average Bonchev–Trinajstić information content (AvgIpc) is 1.37. The number of hydrogen-bond acceptors (Lipinski definition) is 0. The first-order valence-corrected chi connectivity index (χ1v) is 2.45. The zero-order valence-corrected chi connectivity index (χ0v) is 4.82. The minimum absolute atomic E-state index is 1.43. The third-order valence-electron chi connectivity index (χ3n) is 0.118. The van der Waals surface area contributed by atoms with E-state index in [4.69, 9.17) is 0 Å². The summed E-state index contributed by atoms with van der Waals surface area (Å²) in [6.07, 6.45) is 1.79. The van der Waals surface area contributed by atoms with Crippen LogP contribution < -0.4 is 0 Å². The summed E-state index contributed by atoms with van der Waals surface area (Å²) in [6, 6.07) is 0. The van der Waals surface area contributed by atoms with Gasteiger partial charge in [-0.25, -0.2) is 0 Å². The fraction of sp³-hybridized carbons (Fsp3) is 0. The van der Waals surface area contributed by atoms with Gasteiger partial charge in [0.05, 0.1) is 0 Å². The van der Waals surface area contributed by atoms with E-state index in [0.29, 0.717) is 0 Å². The molecule has 0 atom stereocenters. The van der Waals surface area contributed by atoms with Crippen LogP contribution in [0.5, 0.6) is 0 Å². The third-order valence-corrected chi connectivity index (χ3v) is 0.697. The van der Waals surface area contributed by atoms with Gasteiger partial charge in [0.2, 0.25) is 0 Å². The first-order valence-electron chi connectivity index (χ1n) is 1.03. The van der Waals surface area contributed by atoms with Crippen molar-refractivity contribution in [2.45, 2.75) is 0 Å². The molecule has 18 valence electrons. The monoisotopic (exact) mass is 130 g/mol. The van der Waals surface area contributed by atoms with Crippen molar-refractivity contribution in [3.63, 3.8) is 0 Å². The molecule has 1 heteroatoms. The Balaban J connectivity index is 2.73. The van der Waals surface area contributed by atoms with E-state index in [1.54, 1.807) is 6.08 Å². The van der Waals surface area contributed by atoms with Crippen molar-refractivity contribution >= 4 is 3.71 Å². The van der Waals surface area contributed by atoms with Crippen molar-refractivity contribution in [3.05, 3.63) is 12.7 Å². The minimum atomic E-state index is 1.43. The Bertz CT molecular complexity index is 24.3. The molecule has 0 aromatic carbocycles. The molecule has 0 saturated heterocycles. The molecule has 0 unspecified atom stereocenters. The Labute approximate surface area is 40.8 Å². The third kappa shape index (κ3) is 2.49. The first-order chi connectivity index (χ1) is 1.91. The fourth-order valence-electron chi connectivity index (χ4n) is 0. The molecule has 0 aliphatic heterocycles. The zero-order chi connectivity index (χ0) is 3.41. The van der Waals surface area contributed by atoms with Gasteiger partial charge in [-0.05, 0) is 0 Å². The van der Waals surface area contributed by atoms with E-state index >= 15 is 0 Å². The summed E-state index contributed by atoms with van der Waals surface area (Å²) in [7, 11) is 0. The van der Waals surface area contributed by atoms with Crippen LogP contribution in [0.25, 0.3) is 0 Å². The van der Waals surface area contributed by atoms with Crippen LogP contribution >= 0.6 is 0 Å². The second-order valence-corrected chi connectivity index (χ2v) is 1.22. The van der Waals surface area contributed by atoms with Gasteiger partial charge in [-0.1, -0.05) is 0 Å². The van der Waals surface area contributed by atoms with Gasteiger partial charge in [-0.3, -0.25) is 0 Å². The van der Waals surface area contributed by atoms with E-state index in [1.807, 2.05) is 3.71 Å². The molecule has 0 N–H and O–H groups in total. The van der Waals surface area contributed by atoms with Gasteiger partial charge >= 0.3 is 40.6 Å². The van der Waals surface area contributed by atoms with Crippen molar-refractivity contribution in [2.75, 3.05) is 0 Å². The molecule has 0 saturated carbocycles. The summed E-state index contributed by atoms with van der Waals surface area (Å²) < 4.78 is 1.98. The summed E-state index contributed by atoms with van der Waals surface area (Å²) >= 11 is 1.43. The van der Waals surface area contributed by atoms with Crippen LogP contribution in [0.4, 0.5) is 0 Å². The quantitative estimate of drug-likeness (QED) is 0.487. The summed E-state index contributed by atoms with van der Waals surface area (Å²) in [6.45, 7) is 3.45. The maximum absolute atomic E-state index is 3.45. The number of allylic oxidation sites excluding steroid dienone is 1. The van der Waals surface area contributed by atoms with E-state index in [1.165, 1.54) is 24.2 Å². The SMILES string of the molecule is C=C[CH]=[Zr+2]. The summed E-state index contributed by atoms with van der Waals surface area (Å²) in [5.41, 5.74) is 0. The Hall–Kier alpha value is 0.493. The molecule has 0 rings (SSSR count). The Morgan fingerprint density at radius 2 is 2.00 bits per heavy atom. The van der Waals surface area contributed by atoms with E-state index < -0.39 is 0 Å². The van der Waals surface area contributed by atoms with Gasteiger partial charge in [0.15, 0.2) is 0 Å². The number of rotatable bonds is 1. The van der Waals surface area contributed by atoms with Gasteiger partial charge in [0, 0.05) is 0 Å². The molecule has 4 heavy (non-hydrogen) atoms. The van der Waals surface area contributed by atoms with Gasteiger partial charge in [-0.15, -0.1) is 0 Å². The molecule has 0 aliphatic rings. The molecular formula is C3H4Zr+2. The van der Waals surface area contributed by atoms with E-state index in [2.05, 4.69) is 6.58 Å². The van der Waals surface area contributed by atoms with Crippen molar-refractivity contribution in [2.24, 2.45) is 0 Å². The normalized spacial score (nSPS) is 5.50. The van der Waals surface area contributed by atoms with Crippen molar-refractivity contribution in [1.29, 1.82) is 0 Å². The Morgan fingerprint density at radius 3 is 2.00 bits per heavy atom. The topological polar surface area (TPSA) is 0 Å². The fourth-order valence-corrected chi connectivity index (χ4v) is 0. The molecule has 0 fully saturated rings. The van der Waals surface area contributed by atoms with E-state index in [-0.39, 0.29) is 0 Å². The summed E-state index contributed by atoms with van der Waals surface area (Å²) in [5.74, 6) is 0. The second-order valence-electron chi connectivity index (χ2n) is 0.402. The van der Waals surface area contributed by atoms with Gasteiger partial charge < -0.3 is 0 Å². The predicted octanol–water partition coefficient (Wildman–Crippen LogP) is 0.521. The van der Waals surface area contributed by atoms with Gasteiger partial charge in [0.1, 0.15) is 0 Å². The summed E-state index contributed by atoms with van der Waals surface area (Å²) in [5, 5.41) is 0. The van der Waals surface area contributed by atoms with Crippen LogP contribution in [0.15, 0.2) is 12.7 Å². The van der Waals surface area contributed by atoms with Gasteiger partial charge in [0.25, 0.3) is 0 Å². The second kappa shape index (κ2) is 3.49. The molecule has 0 nitrogen and oxygen atoms in total. The molecule has 0 radical (unpaired) electrons. The van der Waals surface area contributed by atoms with Gasteiger partial charge in [-0.2, -0.15) is 0 Å². The summed E-state index contributed by atoms with van der Waals surface area (Å²) in [4.78, 5) is 0. The molecule has 0 bridgehead atoms. The van der Waals surface area contributed by atoms with Crippen LogP contribution in [0, 0.1) is 0 Å². The molecule has 0 heterocycles. The standard InChI is InChI=1S/C3H4.Zr/c1-3-2;/h1,3H,2H2;/q;+2. The van der Waals surface area contributed by atoms with Crippen LogP contribution in [0.3, 0.4) is 0 Å². The molecule has 0 aliphatic carbocycles. The van der Waals surface area contributed by atoms with Crippen LogP contribution in [0.2, 0.25) is 0 Å². The van der Waals surface area contributed by atoms with Crippen molar-refractivity contribution in [1.82, 2.24) is 0 Å².